The van der Waals surface area contributed by atoms with Crippen molar-refractivity contribution in [2.24, 2.45) is 0 Å². The van der Waals surface area contributed by atoms with E-state index in [2.05, 4.69) is 15.4 Å². The maximum atomic E-state index is 13.2. The molecule has 0 atom stereocenters. The molecule has 1 aliphatic rings. The largest absolute Gasteiger partial charge is 0.461 e. The highest BCUT2D eigenvalue weighted by Gasteiger charge is 2.18. The van der Waals surface area contributed by atoms with Gasteiger partial charge < -0.3 is 23.9 Å². The zero-order valence-electron chi connectivity index (χ0n) is 19.3. The molecule has 0 saturated carbocycles. The van der Waals surface area contributed by atoms with E-state index in [4.69, 9.17) is 18.6 Å². The maximum absolute atomic E-state index is 13.2. The van der Waals surface area contributed by atoms with Gasteiger partial charge in [0.05, 0.1) is 12.0 Å². The van der Waals surface area contributed by atoms with Gasteiger partial charge in [-0.15, -0.1) is 5.10 Å². The quantitative estimate of drug-likeness (QED) is 0.328. The van der Waals surface area contributed by atoms with E-state index in [1.807, 2.05) is 0 Å². The minimum absolute atomic E-state index is 0.135. The Labute approximate surface area is 210 Å². The summed E-state index contributed by atoms with van der Waals surface area (Å²) in [6.45, 7) is 0.315. The van der Waals surface area contributed by atoms with Crippen LogP contribution in [0.25, 0.3) is 17.3 Å². The normalized spacial score (nSPS) is 11.9. The summed E-state index contributed by atoms with van der Waals surface area (Å²) in [5.41, 5.74) is 2.50. The number of benzene rings is 3. The minimum atomic E-state index is -0.318. The summed E-state index contributed by atoms with van der Waals surface area (Å²) in [4.78, 5) is 17.2. The second-order valence-corrected chi connectivity index (χ2v) is 8.09. The number of rotatable bonds is 7. The van der Waals surface area contributed by atoms with Gasteiger partial charge in [-0.05, 0) is 72.3 Å². The molecule has 9 nitrogen and oxygen atoms in total. The van der Waals surface area contributed by atoms with Crippen LogP contribution < -0.4 is 19.5 Å². The van der Waals surface area contributed by atoms with Crippen molar-refractivity contribution in [3.8, 4) is 34.8 Å². The Morgan fingerprint density at radius 3 is 2.59 bits per heavy atom. The van der Waals surface area contributed by atoms with Gasteiger partial charge in [0, 0.05) is 11.3 Å². The van der Waals surface area contributed by atoms with Crippen LogP contribution in [0.5, 0.6) is 17.5 Å². The van der Waals surface area contributed by atoms with Gasteiger partial charge in [0.1, 0.15) is 12.4 Å². The fourth-order valence-corrected chi connectivity index (χ4v) is 3.76. The van der Waals surface area contributed by atoms with Crippen molar-refractivity contribution in [1.82, 2.24) is 14.8 Å². The molecule has 2 aromatic heterocycles. The van der Waals surface area contributed by atoms with E-state index < -0.39 is 0 Å². The van der Waals surface area contributed by atoms with E-state index in [1.165, 1.54) is 12.1 Å². The predicted octanol–water partition coefficient (Wildman–Crippen LogP) is 5.23. The molecule has 5 aromatic rings. The average molecular weight is 498 g/mol. The van der Waals surface area contributed by atoms with Crippen LogP contribution in [0.4, 0.5) is 10.1 Å². The lowest BCUT2D eigenvalue weighted by molar-refractivity contribution is 0.102. The molecule has 0 spiro atoms. The van der Waals surface area contributed by atoms with Gasteiger partial charge in [0.2, 0.25) is 12.6 Å². The van der Waals surface area contributed by atoms with Crippen LogP contribution in [0.3, 0.4) is 0 Å². The van der Waals surface area contributed by atoms with Crippen molar-refractivity contribution in [2.45, 2.75) is 6.61 Å². The monoisotopic (exact) mass is 498 g/mol. The van der Waals surface area contributed by atoms with Gasteiger partial charge in [-0.3, -0.25) is 4.79 Å². The molecule has 184 valence electrons. The first kappa shape index (κ1) is 22.4. The zero-order valence-corrected chi connectivity index (χ0v) is 19.3. The standard InChI is InChI=1S/C27H19FN4O5/c28-19-6-3-17(4-7-19)15-35-27-30-25(23-2-1-13-34-23)32(31-27)21-10-8-20(9-11-21)29-26(33)18-5-12-22-24(14-18)37-16-36-22/h1-14H,15-16H2,(H,29,33). The first-order valence-electron chi connectivity index (χ1n) is 11.3. The van der Waals surface area contributed by atoms with Crippen LogP contribution in [0.1, 0.15) is 15.9 Å². The molecule has 0 bridgehead atoms. The summed E-state index contributed by atoms with van der Waals surface area (Å²) in [6.07, 6.45) is 1.54. The van der Waals surface area contributed by atoms with Gasteiger partial charge in [0.25, 0.3) is 5.91 Å². The van der Waals surface area contributed by atoms with Gasteiger partial charge in [-0.1, -0.05) is 12.1 Å². The summed E-state index contributed by atoms with van der Waals surface area (Å²) in [7, 11) is 0. The molecule has 0 fully saturated rings. The van der Waals surface area contributed by atoms with Crippen LogP contribution in [-0.2, 0) is 6.61 Å². The molecule has 1 amide bonds. The van der Waals surface area contributed by atoms with Gasteiger partial charge in [-0.2, -0.15) is 4.98 Å². The Kier molecular flexibility index (Phi) is 5.74. The smallest absolute Gasteiger partial charge is 0.336 e. The lowest BCUT2D eigenvalue weighted by Crippen LogP contribution is -2.11. The number of ether oxygens (including phenoxy) is 3. The summed E-state index contributed by atoms with van der Waals surface area (Å²) >= 11 is 0. The van der Waals surface area contributed by atoms with Crippen molar-refractivity contribution in [3.05, 3.63) is 102 Å². The number of anilines is 1. The number of hydrogen-bond acceptors (Lipinski definition) is 7. The fraction of sp³-hybridized carbons (Fsp3) is 0.0741. The Bertz CT molecular complexity index is 1550. The van der Waals surface area contributed by atoms with E-state index in [0.29, 0.717) is 40.0 Å². The van der Waals surface area contributed by atoms with E-state index in [-0.39, 0.29) is 31.1 Å². The van der Waals surface area contributed by atoms with Gasteiger partial charge >= 0.3 is 6.01 Å². The molecule has 37 heavy (non-hydrogen) atoms. The summed E-state index contributed by atoms with van der Waals surface area (Å²) < 4.78 is 36.7. The lowest BCUT2D eigenvalue weighted by Gasteiger charge is -2.08. The van der Waals surface area contributed by atoms with Crippen LogP contribution in [0, 0.1) is 5.82 Å². The number of carbonyl (C=O) groups excluding carboxylic acids is 1. The molecule has 1 aliphatic heterocycles. The molecule has 0 unspecified atom stereocenters. The molecular formula is C27H19FN4O5. The average Bonchev–Trinajstić information content (AvgIpc) is 3.69. The number of halogens is 1. The number of aromatic nitrogens is 3. The fourth-order valence-electron chi connectivity index (χ4n) is 3.76. The second kappa shape index (κ2) is 9.50. The first-order valence-corrected chi connectivity index (χ1v) is 11.3. The predicted molar refractivity (Wildman–Crippen MR) is 130 cm³/mol. The highest BCUT2D eigenvalue weighted by Crippen LogP contribution is 2.33. The molecule has 3 aromatic carbocycles. The zero-order chi connectivity index (χ0) is 25.2. The molecule has 0 aliphatic carbocycles. The van der Waals surface area contributed by atoms with E-state index >= 15 is 0 Å². The second-order valence-electron chi connectivity index (χ2n) is 8.09. The van der Waals surface area contributed by atoms with Crippen LogP contribution in [-0.4, -0.2) is 27.5 Å². The first-order chi connectivity index (χ1) is 18.1. The summed E-state index contributed by atoms with van der Waals surface area (Å²) in [6, 6.07) is 21.8. The Hall–Kier alpha value is -5.12. The highest BCUT2D eigenvalue weighted by molar-refractivity contribution is 6.04. The van der Waals surface area contributed by atoms with Crippen molar-refractivity contribution in [3.63, 3.8) is 0 Å². The lowest BCUT2D eigenvalue weighted by atomic mass is 10.2. The molecule has 1 N–H and O–H groups in total. The SMILES string of the molecule is O=C(Nc1ccc(-n2nc(OCc3ccc(F)cc3)nc2-c2ccco2)cc1)c1ccc2c(c1)OCO2. The molecule has 0 saturated heterocycles. The van der Waals surface area contributed by atoms with Crippen molar-refractivity contribution in [2.75, 3.05) is 12.1 Å². The molecule has 6 rings (SSSR count). The van der Waals surface area contributed by atoms with Crippen LogP contribution >= 0.6 is 0 Å². The molecular weight excluding hydrogens is 479 g/mol. The van der Waals surface area contributed by atoms with E-state index in [1.54, 1.807) is 77.7 Å². The van der Waals surface area contributed by atoms with Crippen molar-refractivity contribution >= 4 is 11.6 Å². The third-order valence-corrected chi connectivity index (χ3v) is 5.61. The van der Waals surface area contributed by atoms with Crippen molar-refractivity contribution in [1.29, 1.82) is 0 Å². The third-order valence-electron chi connectivity index (χ3n) is 5.61. The van der Waals surface area contributed by atoms with Crippen LogP contribution in [0.2, 0.25) is 0 Å². The number of nitrogens with zero attached hydrogens (tertiary/aromatic N) is 3. The molecule has 10 heteroatoms. The number of fused-ring (bicyclic) bond motifs is 1. The van der Waals surface area contributed by atoms with Crippen LogP contribution in [0.15, 0.2) is 89.5 Å². The Morgan fingerprint density at radius 2 is 1.81 bits per heavy atom. The number of furan rings is 1. The summed E-state index contributed by atoms with van der Waals surface area (Å²) in [5, 5.41) is 7.34. The minimum Gasteiger partial charge on any atom is -0.461 e. The number of carbonyl (C=O) groups is 1. The highest BCUT2D eigenvalue weighted by atomic mass is 19.1. The number of amides is 1. The van der Waals surface area contributed by atoms with Gasteiger partial charge in [-0.25, -0.2) is 9.07 Å². The number of nitrogens with one attached hydrogen (secondary N) is 1. The topological polar surface area (TPSA) is 101 Å². The summed E-state index contributed by atoms with van der Waals surface area (Å²) in [5.74, 6) is 1.50. The van der Waals surface area contributed by atoms with Gasteiger partial charge in [0.15, 0.2) is 17.3 Å². The number of hydrogen-bond donors (Lipinski definition) is 1. The van der Waals surface area contributed by atoms with E-state index in [9.17, 15) is 9.18 Å². The third kappa shape index (κ3) is 4.72. The van der Waals surface area contributed by atoms with E-state index in [0.717, 1.165) is 5.56 Å². The maximum Gasteiger partial charge on any atom is 0.336 e. The molecule has 0 radical (unpaired) electrons. The Morgan fingerprint density at radius 1 is 1.00 bits per heavy atom. The van der Waals surface area contributed by atoms with Crippen molar-refractivity contribution < 1.29 is 27.8 Å². The molecule has 3 heterocycles. The Balaban J connectivity index is 1.21.